The van der Waals surface area contributed by atoms with Crippen molar-refractivity contribution in [3.63, 3.8) is 0 Å². The summed E-state index contributed by atoms with van der Waals surface area (Å²) in [5, 5.41) is 2.83. The number of hydrogen-bond acceptors (Lipinski definition) is 4. The van der Waals surface area contributed by atoms with E-state index in [9.17, 15) is 19.2 Å². The maximum absolute atomic E-state index is 12.7. The van der Waals surface area contributed by atoms with E-state index in [4.69, 9.17) is 0 Å². The number of benzene rings is 1. The number of hydrogen-bond donors (Lipinski definition) is 1. The van der Waals surface area contributed by atoms with Gasteiger partial charge in [0.2, 0.25) is 5.91 Å². The average Bonchev–Trinajstić information content (AvgIpc) is 2.90. The largest absolute Gasteiger partial charge is 0.342 e. The number of nitrogens with zero attached hydrogens (tertiary/aromatic N) is 2. The lowest BCUT2D eigenvalue weighted by molar-refractivity contribution is -0.139. The number of piperidine rings is 1. The molecule has 0 saturated carbocycles. The highest BCUT2D eigenvalue weighted by atomic mass is 16.2. The Morgan fingerprint density at radius 1 is 1.07 bits per heavy atom. The van der Waals surface area contributed by atoms with Gasteiger partial charge in [0.05, 0.1) is 0 Å². The van der Waals surface area contributed by atoms with Gasteiger partial charge in [0, 0.05) is 37.5 Å². The van der Waals surface area contributed by atoms with Gasteiger partial charge in [-0.2, -0.15) is 0 Å². The van der Waals surface area contributed by atoms with Crippen LogP contribution in [0.2, 0.25) is 0 Å². The predicted octanol–water partition coefficient (Wildman–Crippen LogP) is 1.97. The second-order valence-corrected chi connectivity index (χ2v) is 7.45. The lowest BCUT2D eigenvalue weighted by atomic mass is 9.87. The summed E-state index contributed by atoms with van der Waals surface area (Å²) >= 11 is 0. The van der Waals surface area contributed by atoms with Gasteiger partial charge in [-0.1, -0.05) is 30.3 Å². The molecule has 2 fully saturated rings. The van der Waals surface area contributed by atoms with E-state index in [1.54, 1.807) is 43.0 Å². The third-order valence-electron chi connectivity index (χ3n) is 5.34. The molecule has 0 radical (unpaired) electrons. The number of Topliss-reactive ketones (excluding diaryl/α,β-unsaturated/α-hetero) is 1. The third-order valence-corrected chi connectivity index (χ3v) is 5.34. The molecule has 2 saturated heterocycles. The van der Waals surface area contributed by atoms with E-state index in [1.807, 2.05) is 6.07 Å². The van der Waals surface area contributed by atoms with Gasteiger partial charge in [0.15, 0.2) is 5.78 Å². The Hall–Kier alpha value is -2.70. The van der Waals surface area contributed by atoms with E-state index in [-0.39, 0.29) is 42.5 Å². The molecule has 7 heteroatoms. The molecule has 1 aromatic rings. The molecule has 7 nitrogen and oxygen atoms in total. The number of ketones is 1. The normalized spacial score (nSPS) is 18.9. The second kappa shape index (κ2) is 7.50. The summed E-state index contributed by atoms with van der Waals surface area (Å²) in [5.41, 5.74) is -0.284. The molecule has 0 bridgehead atoms. The van der Waals surface area contributed by atoms with Gasteiger partial charge >= 0.3 is 6.03 Å². The molecule has 27 heavy (non-hydrogen) atoms. The Morgan fingerprint density at radius 3 is 2.26 bits per heavy atom. The standard InChI is InChI=1S/C20H25N3O4/c1-14(2)23-18(26)20(21-19(23)27)10-12-22(13-11-20)17(25)9-8-16(24)15-6-4-3-5-7-15/h3-7,14H,8-13H2,1-2H3,(H,21,27). The molecule has 0 unspecified atom stereocenters. The van der Waals surface area contributed by atoms with Crippen LogP contribution in [0.1, 0.15) is 49.9 Å². The Bertz CT molecular complexity index is 752. The van der Waals surface area contributed by atoms with Crippen LogP contribution in [0.25, 0.3) is 0 Å². The summed E-state index contributed by atoms with van der Waals surface area (Å²) < 4.78 is 0. The molecule has 1 spiro atoms. The van der Waals surface area contributed by atoms with Crippen LogP contribution in [0.3, 0.4) is 0 Å². The fourth-order valence-corrected chi connectivity index (χ4v) is 3.73. The van der Waals surface area contributed by atoms with Gasteiger partial charge in [-0.15, -0.1) is 0 Å². The van der Waals surface area contributed by atoms with E-state index in [2.05, 4.69) is 5.32 Å². The Balaban J connectivity index is 1.53. The van der Waals surface area contributed by atoms with Gasteiger partial charge in [0.1, 0.15) is 5.54 Å². The van der Waals surface area contributed by atoms with Crippen molar-refractivity contribution in [1.29, 1.82) is 0 Å². The lowest BCUT2D eigenvalue weighted by Crippen LogP contribution is -2.56. The zero-order valence-corrected chi connectivity index (χ0v) is 15.7. The number of imide groups is 1. The number of carbonyl (C=O) groups excluding carboxylic acids is 4. The average molecular weight is 371 g/mol. The maximum atomic E-state index is 12.7. The van der Waals surface area contributed by atoms with Gasteiger partial charge < -0.3 is 10.2 Å². The highest BCUT2D eigenvalue weighted by Gasteiger charge is 2.53. The molecule has 2 aliphatic rings. The van der Waals surface area contributed by atoms with Crippen molar-refractivity contribution in [3.8, 4) is 0 Å². The first-order chi connectivity index (χ1) is 12.8. The molecular weight excluding hydrogens is 346 g/mol. The van der Waals surface area contributed by atoms with Crippen LogP contribution in [0, 0.1) is 0 Å². The van der Waals surface area contributed by atoms with Crippen LogP contribution in [0.15, 0.2) is 30.3 Å². The summed E-state index contributed by atoms with van der Waals surface area (Å²) in [5.74, 6) is -0.344. The van der Waals surface area contributed by atoms with Crippen molar-refractivity contribution in [2.45, 2.75) is 51.1 Å². The monoisotopic (exact) mass is 371 g/mol. The van der Waals surface area contributed by atoms with Crippen molar-refractivity contribution < 1.29 is 19.2 Å². The minimum Gasteiger partial charge on any atom is -0.342 e. The van der Waals surface area contributed by atoms with Crippen LogP contribution in [-0.4, -0.2) is 58.1 Å². The third kappa shape index (κ3) is 3.72. The van der Waals surface area contributed by atoms with E-state index >= 15 is 0 Å². The predicted molar refractivity (Wildman–Crippen MR) is 99.1 cm³/mol. The fourth-order valence-electron chi connectivity index (χ4n) is 3.73. The van der Waals surface area contributed by atoms with Crippen molar-refractivity contribution in [3.05, 3.63) is 35.9 Å². The summed E-state index contributed by atoms with van der Waals surface area (Å²) in [4.78, 5) is 52.3. The Morgan fingerprint density at radius 2 is 1.70 bits per heavy atom. The lowest BCUT2D eigenvalue weighted by Gasteiger charge is -2.37. The number of amides is 4. The van der Waals surface area contributed by atoms with Gasteiger partial charge in [0.25, 0.3) is 5.91 Å². The number of urea groups is 1. The Kier molecular flexibility index (Phi) is 5.30. The molecule has 0 aliphatic carbocycles. The van der Waals surface area contributed by atoms with E-state index in [0.717, 1.165) is 0 Å². The van der Waals surface area contributed by atoms with Crippen LogP contribution in [-0.2, 0) is 9.59 Å². The van der Waals surface area contributed by atoms with Crippen LogP contribution in [0.4, 0.5) is 4.79 Å². The molecule has 3 rings (SSSR count). The van der Waals surface area contributed by atoms with Crippen LogP contribution < -0.4 is 5.32 Å². The molecule has 4 amide bonds. The maximum Gasteiger partial charge on any atom is 0.325 e. The van der Waals surface area contributed by atoms with Crippen LogP contribution in [0.5, 0.6) is 0 Å². The first kappa shape index (κ1) is 19.1. The van der Waals surface area contributed by atoms with Gasteiger partial charge in [-0.05, 0) is 26.7 Å². The molecular formula is C20H25N3O4. The van der Waals surface area contributed by atoms with E-state index in [1.165, 1.54) is 4.90 Å². The molecule has 2 heterocycles. The second-order valence-electron chi connectivity index (χ2n) is 7.45. The summed E-state index contributed by atoms with van der Waals surface area (Å²) in [6, 6.07) is 8.37. The zero-order chi connectivity index (χ0) is 19.6. The topological polar surface area (TPSA) is 86.8 Å². The molecule has 2 aliphatic heterocycles. The van der Waals surface area contributed by atoms with Crippen molar-refractivity contribution in [1.82, 2.24) is 15.1 Å². The quantitative estimate of drug-likeness (QED) is 0.633. The van der Waals surface area contributed by atoms with Gasteiger partial charge in [-0.25, -0.2) is 4.79 Å². The van der Waals surface area contributed by atoms with Crippen molar-refractivity contribution >= 4 is 23.6 Å². The minimum absolute atomic E-state index is 0.0526. The first-order valence-electron chi connectivity index (χ1n) is 9.36. The molecule has 1 aromatic carbocycles. The highest BCUT2D eigenvalue weighted by Crippen LogP contribution is 2.30. The fraction of sp³-hybridized carbons (Fsp3) is 0.500. The summed E-state index contributed by atoms with van der Waals surface area (Å²) in [6.45, 7) is 4.41. The minimum atomic E-state index is -0.891. The Labute approximate surface area is 158 Å². The first-order valence-corrected chi connectivity index (χ1v) is 9.36. The molecule has 144 valence electrons. The number of likely N-dealkylation sites (tertiary alicyclic amines) is 1. The number of rotatable bonds is 5. The van der Waals surface area contributed by atoms with E-state index in [0.29, 0.717) is 31.5 Å². The summed E-state index contributed by atoms with van der Waals surface area (Å²) in [6.07, 6.45) is 1.12. The molecule has 1 N–H and O–H groups in total. The van der Waals surface area contributed by atoms with Gasteiger partial charge in [-0.3, -0.25) is 19.3 Å². The zero-order valence-electron chi connectivity index (χ0n) is 15.7. The smallest absolute Gasteiger partial charge is 0.325 e. The molecule has 0 atom stereocenters. The van der Waals surface area contributed by atoms with Crippen LogP contribution >= 0.6 is 0 Å². The highest BCUT2D eigenvalue weighted by molar-refractivity contribution is 6.07. The van der Waals surface area contributed by atoms with E-state index < -0.39 is 5.54 Å². The van der Waals surface area contributed by atoms with Crippen molar-refractivity contribution in [2.75, 3.05) is 13.1 Å². The summed E-state index contributed by atoms with van der Waals surface area (Å²) in [7, 11) is 0. The number of carbonyl (C=O) groups is 4. The number of nitrogens with one attached hydrogen (secondary N) is 1. The SMILES string of the molecule is CC(C)N1C(=O)NC2(CCN(C(=O)CCC(=O)c3ccccc3)CC2)C1=O. The molecule has 0 aromatic heterocycles. The van der Waals surface area contributed by atoms with Crippen molar-refractivity contribution in [2.24, 2.45) is 0 Å².